The van der Waals surface area contributed by atoms with Gasteiger partial charge in [0.25, 0.3) is 0 Å². The first kappa shape index (κ1) is 22.5. The molecule has 1 unspecified atom stereocenters. The van der Waals surface area contributed by atoms with E-state index in [1.54, 1.807) is 0 Å². The van der Waals surface area contributed by atoms with Crippen molar-refractivity contribution < 1.29 is 29.3 Å². The lowest BCUT2D eigenvalue weighted by molar-refractivity contribution is -0.139. The number of rotatable bonds is 7. The minimum Gasteiger partial charge on any atom is -0.504 e. The minimum atomic E-state index is -1.28. The fourth-order valence-electron chi connectivity index (χ4n) is 4.11. The highest BCUT2D eigenvalue weighted by atomic mass is 35.5. The maximum atomic E-state index is 12.5. The molecule has 0 heterocycles. The summed E-state index contributed by atoms with van der Waals surface area (Å²) in [6.07, 6.45) is -0.958. The Bertz CT molecular complexity index is 1170. The third kappa shape index (κ3) is 4.59. The molecule has 3 aromatic carbocycles. The SMILES string of the molecule is COc1cc(CC(NC(=O)OCC2c3ccccc3-c3ccccc32)C(=O)O)c(Cl)cc1O. The van der Waals surface area contributed by atoms with Crippen LogP contribution in [-0.2, 0) is 16.0 Å². The lowest BCUT2D eigenvalue weighted by Gasteiger charge is -2.18. The second-order valence-electron chi connectivity index (χ2n) is 7.68. The summed E-state index contributed by atoms with van der Waals surface area (Å²) in [6.45, 7) is 0.0694. The van der Waals surface area contributed by atoms with Crippen molar-refractivity contribution in [3.05, 3.63) is 82.4 Å². The van der Waals surface area contributed by atoms with Crippen LogP contribution in [0.25, 0.3) is 11.1 Å². The highest BCUT2D eigenvalue weighted by Crippen LogP contribution is 2.44. The number of carboxylic acids is 1. The van der Waals surface area contributed by atoms with Crippen molar-refractivity contribution in [2.24, 2.45) is 0 Å². The number of phenols is 1. The Labute approximate surface area is 195 Å². The molecule has 7 nitrogen and oxygen atoms in total. The molecule has 8 heteroatoms. The van der Waals surface area contributed by atoms with E-state index in [4.69, 9.17) is 21.1 Å². The van der Waals surface area contributed by atoms with Crippen LogP contribution in [0.2, 0.25) is 5.02 Å². The van der Waals surface area contributed by atoms with E-state index < -0.39 is 18.1 Å². The summed E-state index contributed by atoms with van der Waals surface area (Å²) in [7, 11) is 1.37. The Morgan fingerprint density at radius 1 is 1.06 bits per heavy atom. The van der Waals surface area contributed by atoms with Crippen molar-refractivity contribution in [3.63, 3.8) is 0 Å². The van der Waals surface area contributed by atoms with Gasteiger partial charge in [0, 0.05) is 23.4 Å². The van der Waals surface area contributed by atoms with Gasteiger partial charge in [0.05, 0.1) is 7.11 Å². The Kier molecular flexibility index (Phi) is 6.42. The topological polar surface area (TPSA) is 105 Å². The van der Waals surface area contributed by atoms with E-state index >= 15 is 0 Å². The van der Waals surface area contributed by atoms with E-state index in [9.17, 15) is 19.8 Å². The van der Waals surface area contributed by atoms with E-state index in [0.29, 0.717) is 5.56 Å². The molecule has 1 aliphatic carbocycles. The van der Waals surface area contributed by atoms with Crippen LogP contribution in [-0.4, -0.2) is 42.0 Å². The van der Waals surface area contributed by atoms with Crippen LogP contribution in [0, 0.1) is 0 Å². The van der Waals surface area contributed by atoms with Crippen molar-refractivity contribution in [1.82, 2.24) is 5.32 Å². The molecular formula is C25H22ClNO6. The molecule has 0 saturated carbocycles. The van der Waals surface area contributed by atoms with Crippen molar-refractivity contribution in [3.8, 4) is 22.6 Å². The number of hydrogen-bond acceptors (Lipinski definition) is 5. The summed E-state index contributed by atoms with van der Waals surface area (Å²) in [5.41, 5.74) is 4.72. The quantitative estimate of drug-likeness (QED) is 0.469. The highest BCUT2D eigenvalue weighted by molar-refractivity contribution is 6.31. The minimum absolute atomic E-state index is 0.0694. The molecule has 1 aliphatic rings. The summed E-state index contributed by atoms with van der Waals surface area (Å²) in [6, 6.07) is 17.3. The van der Waals surface area contributed by atoms with E-state index in [-0.39, 0.29) is 35.5 Å². The predicted molar refractivity (Wildman–Crippen MR) is 123 cm³/mol. The number of hydrogen-bond donors (Lipinski definition) is 3. The van der Waals surface area contributed by atoms with Gasteiger partial charge in [0.1, 0.15) is 12.6 Å². The third-order valence-electron chi connectivity index (χ3n) is 5.71. The Balaban J connectivity index is 1.45. The van der Waals surface area contributed by atoms with Gasteiger partial charge in [-0.05, 0) is 33.9 Å². The first-order valence-electron chi connectivity index (χ1n) is 10.3. The molecule has 0 bridgehead atoms. The molecule has 4 rings (SSSR count). The van der Waals surface area contributed by atoms with E-state index in [0.717, 1.165) is 22.3 Å². The summed E-state index contributed by atoms with van der Waals surface area (Å²) in [5, 5.41) is 22.0. The zero-order chi connectivity index (χ0) is 23.5. The van der Waals surface area contributed by atoms with Crippen molar-refractivity contribution in [2.45, 2.75) is 18.4 Å². The fraction of sp³-hybridized carbons (Fsp3) is 0.200. The Morgan fingerprint density at radius 3 is 2.24 bits per heavy atom. The zero-order valence-corrected chi connectivity index (χ0v) is 18.5. The largest absolute Gasteiger partial charge is 0.504 e. The predicted octanol–water partition coefficient (Wildman–Crippen LogP) is 4.59. The van der Waals surface area contributed by atoms with Crippen LogP contribution in [0.5, 0.6) is 11.5 Å². The molecule has 0 aromatic heterocycles. The Morgan fingerprint density at radius 2 is 1.67 bits per heavy atom. The van der Waals surface area contributed by atoms with Gasteiger partial charge in [-0.1, -0.05) is 60.1 Å². The van der Waals surface area contributed by atoms with Crippen LogP contribution >= 0.6 is 11.6 Å². The molecule has 33 heavy (non-hydrogen) atoms. The van der Waals surface area contributed by atoms with E-state index in [2.05, 4.69) is 5.32 Å². The number of methoxy groups -OCH3 is 1. The average molecular weight is 468 g/mol. The standard InChI is InChI=1S/C25H22ClNO6/c1-32-23-11-14(20(26)12-22(23)28)10-21(24(29)30)27-25(31)33-13-19-17-8-4-2-6-15(17)16-7-3-5-9-18(16)19/h2-9,11-12,19,21,28H,10,13H2,1H3,(H,27,31)(H,29,30). The number of carbonyl (C=O) groups excluding carboxylic acids is 1. The number of carboxylic acid groups (broad SMARTS) is 1. The number of ether oxygens (including phenoxy) is 2. The number of benzene rings is 3. The van der Waals surface area contributed by atoms with Crippen molar-refractivity contribution >= 4 is 23.7 Å². The summed E-state index contributed by atoms with van der Waals surface area (Å²) >= 11 is 6.13. The van der Waals surface area contributed by atoms with Gasteiger partial charge in [-0.25, -0.2) is 9.59 Å². The number of alkyl carbamates (subject to hydrolysis) is 1. The number of aliphatic carboxylic acids is 1. The molecule has 0 radical (unpaired) electrons. The number of amides is 1. The summed E-state index contributed by atoms with van der Waals surface area (Å²) in [5.74, 6) is -1.39. The molecule has 170 valence electrons. The van der Waals surface area contributed by atoms with E-state index in [1.807, 2.05) is 48.5 Å². The first-order valence-corrected chi connectivity index (χ1v) is 10.7. The Hall–Kier alpha value is -3.71. The highest BCUT2D eigenvalue weighted by Gasteiger charge is 2.30. The zero-order valence-electron chi connectivity index (χ0n) is 17.7. The molecule has 3 N–H and O–H groups in total. The normalized spacial score (nSPS) is 13.0. The second-order valence-corrected chi connectivity index (χ2v) is 8.09. The number of carbonyl (C=O) groups is 2. The van der Waals surface area contributed by atoms with Gasteiger partial charge in [-0.2, -0.15) is 0 Å². The fourth-order valence-corrected chi connectivity index (χ4v) is 4.34. The number of fused-ring (bicyclic) bond motifs is 3. The summed E-state index contributed by atoms with van der Waals surface area (Å²) in [4.78, 5) is 24.3. The van der Waals surface area contributed by atoms with E-state index in [1.165, 1.54) is 19.2 Å². The molecule has 1 atom stereocenters. The molecule has 3 aromatic rings. The van der Waals surface area contributed by atoms with Crippen LogP contribution in [0.1, 0.15) is 22.6 Å². The number of aromatic hydroxyl groups is 1. The van der Waals surface area contributed by atoms with Crippen LogP contribution in [0.3, 0.4) is 0 Å². The number of nitrogens with one attached hydrogen (secondary N) is 1. The molecule has 0 spiro atoms. The smallest absolute Gasteiger partial charge is 0.407 e. The average Bonchev–Trinajstić information content (AvgIpc) is 3.12. The molecule has 0 fully saturated rings. The molecule has 0 aliphatic heterocycles. The monoisotopic (exact) mass is 467 g/mol. The van der Waals surface area contributed by atoms with Gasteiger partial charge in [0.15, 0.2) is 11.5 Å². The molecule has 1 amide bonds. The first-order chi connectivity index (χ1) is 15.9. The molecular weight excluding hydrogens is 446 g/mol. The van der Waals surface area contributed by atoms with Crippen LogP contribution < -0.4 is 10.1 Å². The van der Waals surface area contributed by atoms with Crippen molar-refractivity contribution in [1.29, 1.82) is 0 Å². The van der Waals surface area contributed by atoms with Gasteiger partial charge in [-0.15, -0.1) is 0 Å². The maximum Gasteiger partial charge on any atom is 0.407 e. The van der Waals surface area contributed by atoms with Crippen LogP contribution in [0.15, 0.2) is 60.7 Å². The lowest BCUT2D eigenvalue weighted by Crippen LogP contribution is -2.43. The van der Waals surface area contributed by atoms with Gasteiger partial charge in [0.2, 0.25) is 0 Å². The van der Waals surface area contributed by atoms with Gasteiger partial charge in [-0.3, -0.25) is 0 Å². The van der Waals surface area contributed by atoms with Gasteiger partial charge < -0.3 is 25.0 Å². The number of halogens is 1. The third-order valence-corrected chi connectivity index (χ3v) is 6.06. The second kappa shape index (κ2) is 9.42. The summed E-state index contributed by atoms with van der Waals surface area (Å²) < 4.78 is 10.5. The lowest BCUT2D eigenvalue weighted by atomic mass is 9.98. The maximum absolute atomic E-state index is 12.5. The number of phenolic OH excluding ortho intramolecular Hbond substituents is 1. The van der Waals surface area contributed by atoms with Crippen LogP contribution in [0.4, 0.5) is 4.79 Å². The molecule has 0 saturated heterocycles. The van der Waals surface area contributed by atoms with Crippen molar-refractivity contribution in [2.75, 3.05) is 13.7 Å². The van der Waals surface area contributed by atoms with Gasteiger partial charge >= 0.3 is 12.1 Å².